The second kappa shape index (κ2) is 5.32. The van der Waals surface area contributed by atoms with Crippen molar-refractivity contribution >= 4 is 17.5 Å². The van der Waals surface area contributed by atoms with Crippen LogP contribution in [-0.4, -0.2) is 34.1 Å². The highest BCUT2D eigenvalue weighted by atomic mass is 35.5. The van der Waals surface area contributed by atoms with E-state index in [9.17, 15) is 4.79 Å². The summed E-state index contributed by atoms with van der Waals surface area (Å²) in [4.78, 5) is 12.8. The number of H-pyrrole nitrogens is 1. The molecule has 3 N–H and O–H groups in total. The van der Waals surface area contributed by atoms with E-state index in [4.69, 9.17) is 17.3 Å². The van der Waals surface area contributed by atoms with Crippen molar-refractivity contribution in [3.8, 4) is 0 Å². The third kappa shape index (κ3) is 3.21. The summed E-state index contributed by atoms with van der Waals surface area (Å²) in [6.07, 6.45) is 0.331. The molecule has 0 spiro atoms. The third-order valence-corrected chi connectivity index (χ3v) is 3.09. The number of primary amides is 1. The van der Waals surface area contributed by atoms with E-state index in [1.54, 1.807) is 0 Å². The van der Waals surface area contributed by atoms with Gasteiger partial charge >= 0.3 is 0 Å². The summed E-state index contributed by atoms with van der Waals surface area (Å²) >= 11 is 6.05. The number of carbonyl (C=O) groups excluding carboxylic acids is 1. The SMILES string of the molecule is Cc1[nH]nc(CN(C)[C@@H](C)CC(N)=O)c1Cl. The van der Waals surface area contributed by atoms with Crippen molar-refractivity contribution in [2.45, 2.75) is 32.9 Å². The summed E-state index contributed by atoms with van der Waals surface area (Å²) in [5.74, 6) is -0.302. The summed E-state index contributed by atoms with van der Waals surface area (Å²) in [6.45, 7) is 4.40. The van der Waals surface area contributed by atoms with Crippen LogP contribution >= 0.6 is 11.6 Å². The Morgan fingerprint density at radius 1 is 1.69 bits per heavy atom. The Kier molecular flexibility index (Phi) is 4.32. The molecule has 1 aromatic rings. The molecule has 1 rings (SSSR count). The second-order valence-corrected chi connectivity index (χ2v) is 4.42. The van der Waals surface area contributed by atoms with Crippen molar-refractivity contribution in [2.75, 3.05) is 7.05 Å². The molecule has 1 aromatic heterocycles. The van der Waals surface area contributed by atoms with Crippen LogP contribution in [0.5, 0.6) is 0 Å². The smallest absolute Gasteiger partial charge is 0.218 e. The van der Waals surface area contributed by atoms with Crippen LogP contribution in [0.15, 0.2) is 0 Å². The quantitative estimate of drug-likeness (QED) is 0.814. The van der Waals surface area contributed by atoms with Gasteiger partial charge in [0.15, 0.2) is 0 Å². The zero-order valence-corrected chi connectivity index (χ0v) is 10.5. The van der Waals surface area contributed by atoms with Crippen LogP contribution < -0.4 is 5.73 Å². The van der Waals surface area contributed by atoms with E-state index in [2.05, 4.69) is 10.2 Å². The van der Waals surface area contributed by atoms with Crippen molar-refractivity contribution in [3.63, 3.8) is 0 Å². The Labute approximate surface area is 99.9 Å². The van der Waals surface area contributed by atoms with Gasteiger partial charge in [-0.2, -0.15) is 5.10 Å². The van der Waals surface area contributed by atoms with Crippen molar-refractivity contribution in [2.24, 2.45) is 5.73 Å². The molecule has 0 saturated heterocycles. The first-order chi connectivity index (χ1) is 7.41. The monoisotopic (exact) mass is 244 g/mol. The number of aromatic nitrogens is 2. The number of hydrogen-bond acceptors (Lipinski definition) is 3. The fourth-order valence-corrected chi connectivity index (χ4v) is 1.55. The molecule has 0 saturated carbocycles. The Morgan fingerprint density at radius 2 is 2.31 bits per heavy atom. The summed E-state index contributed by atoms with van der Waals surface area (Å²) < 4.78 is 0. The molecule has 0 aliphatic carbocycles. The van der Waals surface area contributed by atoms with Crippen LogP contribution in [0.4, 0.5) is 0 Å². The molecular formula is C10H17ClN4O. The van der Waals surface area contributed by atoms with E-state index in [1.165, 1.54) is 0 Å². The molecule has 0 aliphatic rings. The number of nitrogens with two attached hydrogens (primary N) is 1. The molecule has 1 atom stereocenters. The Bertz CT molecular complexity index is 377. The highest BCUT2D eigenvalue weighted by Gasteiger charge is 2.15. The number of aryl methyl sites for hydroxylation is 1. The Hall–Kier alpha value is -1.07. The molecule has 0 bridgehead atoms. The number of rotatable bonds is 5. The van der Waals surface area contributed by atoms with Crippen molar-refractivity contribution in [1.82, 2.24) is 15.1 Å². The fraction of sp³-hybridized carbons (Fsp3) is 0.600. The zero-order chi connectivity index (χ0) is 12.3. The van der Waals surface area contributed by atoms with E-state index in [1.807, 2.05) is 25.8 Å². The van der Waals surface area contributed by atoms with Gasteiger partial charge in [-0.3, -0.25) is 14.8 Å². The number of amides is 1. The maximum atomic E-state index is 10.8. The minimum atomic E-state index is -0.302. The van der Waals surface area contributed by atoms with Gasteiger partial charge in [-0.15, -0.1) is 0 Å². The number of nitrogens with one attached hydrogen (secondary N) is 1. The molecule has 1 heterocycles. The van der Waals surface area contributed by atoms with Crippen LogP contribution in [0.2, 0.25) is 5.02 Å². The highest BCUT2D eigenvalue weighted by molar-refractivity contribution is 6.31. The first-order valence-electron chi connectivity index (χ1n) is 5.09. The maximum Gasteiger partial charge on any atom is 0.218 e. The van der Waals surface area contributed by atoms with Gasteiger partial charge in [-0.25, -0.2) is 0 Å². The van der Waals surface area contributed by atoms with Crippen LogP contribution in [0.3, 0.4) is 0 Å². The number of nitrogens with zero attached hydrogens (tertiary/aromatic N) is 2. The summed E-state index contributed by atoms with van der Waals surface area (Å²) in [6, 6.07) is 0.0746. The Morgan fingerprint density at radius 3 is 2.75 bits per heavy atom. The molecule has 0 unspecified atom stereocenters. The second-order valence-electron chi connectivity index (χ2n) is 4.04. The molecule has 0 aromatic carbocycles. The minimum Gasteiger partial charge on any atom is -0.370 e. The van der Waals surface area contributed by atoms with E-state index in [0.29, 0.717) is 18.0 Å². The number of aromatic amines is 1. The molecular weight excluding hydrogens is 228 g/mol. The minimum absolute atomic E-state index is 0.0746. The predicted molar refractivity (Wildman–Crippen MR) is 63.1 cm³/mol. The summed E-state index contributed by atoms with van der Waals surface area (Å²) in [5.41, 5.74) is 6.79. The predicted octanol–water partition coefficient (Wildman–Crippen LogP) is 1.07. The molecule has 6 heteroatoms. The average molecular weight is 245 g/mol. The lowest BCUT2D eigenvalue weighted by Gasteiger charge is -2.22. The maximum absolute atomic E-state index is 10.8. The van der Waals surface area contributed by atoms with Gasteiger partial charge in [0, 0.05) is 19.0 Å². The lowest BCUT2D eigenvalue weighted by Crippen LogP contribution is -2.32. The Balaban J connectivity index is 2.60. The van der Waals surface area contributed by atoms with Gasteiger partial charge in [0.2, 0.25) is 5.91 Å². The van der Waals surface area contributed by atoms with Crippen molar-refractivity contribution in [3.05, 3.63) is 16.4 Å². The first-order valence-corrected chi connectivity index (χ1v) is 5.47. The van der Waals surface area contributed by atoms with Crippen molar-refractivity contribution in [1.29, 1.82) is 0 Å². The number of halogens is 1. The van der Waals surface area contributed by atoms with E-state index < -0.39 is 0 Å². The molecule has 1 amide bonds. The first kappa shape index (κ1) is 13.0. The number of hydrogen-bond donors (Lipinski definition) is 2. The molecule has 90 valence electrons. The molecule has 0 aliphatic heterocycles. The summed E-state index contributed by atoms with van der Waals surface area (Å²) in [7, 11) is 1.91. The van der Waals surface area contributed by atoms with Gasteiger partial charge in [-0.05, 0) is 20.9 Å². The van der Waals surface area contributed by atoms with Crippen LogP contribution in [-0.2, 0) is 11.3 Å². The van der Waals surface area contributed by atoms with Gasteiger partial charge in [-0.1, -0.05) is 11.6 Å². The topological polar surface area (TPSA) is 75.0 Å². The average Bonchev–Trinajstić information content (AvgIpc) is 2.48. The van der Waals surface area contributed by atoms with E-state index in [0.717, 1.165) is 11.4 Å². The summed E-state index contributed by atoms with van der Waals surface area (Å²) in [5, 5.41) is 7.57. The fourth-order valence-electron chi connectivity index (χ4n) is 1.41. The zero-order valence-electron chi connectivity index (χ0n) is 9.75. The largest absolute Gasteiger partial charge is 0.370 e. The van der Waals surface area contributed by atoms with Crippen LogP contribution in [0.25, 0.3) is 0 Å². The van der Waals surface area contributed by atoms with Crippen LogP contribution in [0.1, 0.15) is 24.7 Å². The molecule has 16 heavy (non-hydrogen) atoms. The van der Waals surface area contributed by atoms with Gasteiger partial charge < -0.3 is 5.73 Å². The number of carbonyl (C=O) groups is 1. The molecule has 5 nitrogen and oxygen atoms in total. The highest BCUT2D eigenvalue weighted by Crippen LogP contribution is 2.19. The normalized spacial score (nSPS) is 13.1. The van der Waals surface area contributed by atoms with E-state index in [-0.39, 0.29) is 11.9 Å². The third-order valence-electron chi connectivity index (χ3n) is 2.59. The van der Waals surface area contributed by atoms with Gasteiger partial charge in [0.25, 0.3) is 0 Å². The lowest BCUT2D eigenvalue weighted by molar-refractivity contribution is -0.119. The van der Waals surface area contributed by atoms with E-state index >= 15 is 0 Å². The van der Waals surface area contributed by atoms with Crippen LogP contribution in [0, 0.1) is 6.92 Å². The van der Waals surface area contributed by atoms with Gasteiger partial charge in [0.05, 0.1) is 16.4 Å². The van der Waals surface area contributed by atoms with Gasteiger partial charge in [0.1, 0.15) is 0 Å². The molecule has 0 fully saturated rings. The molecule has 0 radical (unpaired) electrons. The van der Waals surface area contributed by atoms with Crippen molar-refractivity contribution < 1.29 is 4.79 Å². The lowest BCUT2D eigenvalue weighted by atomic mass is 10.2. The standard InChI is InChI=1S/C10H17ClN4O/c1-6(4-9(12)16)15(3)5-8-10(11)7(2)13-14-8/h6H,4-5H2,1-3H3,(H2,12,16)(H,13,14)/t6-/m0/s1.